The van der Waals surface area contributed by atoms with Crippen molar-refractivity contribution in [1.29, 1.82) is 0 Å². The van der Waals surface area contributed by atoms with E-state index >= 15 is 0 Å². The summed E-state index contributed by atoms with van der Waals surface area (Å²) in [5.41, 5.74) is 0.675. The van der Waals surface area contributed by atoms with Crippen LogP contribution in [0.1, 0.15) is 27.2 Å². The van der Waals surface area contributed by atoms with E-state index in [1.54, 1.807) is 6.92 Å². The molecule has 146 valence electrons. The Morgan fingerprint density at radius 3 is 2.50 bits per heavy atom. The van der Waals surface area contributed by atoms with Crippen LogP contribution >= 0.6 is 22.6 Å². The molecule has 2 rings (SSSR count). The zero-order valence-corrected chi connectivity index (χ0v) is 17.3. The average Bonchev–Trinajstić information content (AvgIpc) is 2.58. The van der Waals surface area contributed by atoms with Gasteiger partial charge in [-0.05, 0) is 67.6 Å². The standard InChI is InChI=1S/C18H26INO6/c1-4-24-18-16(23)15(22)17(25-10(2)3)13(26-18)9-14(21)20-12-7-5-11(19)6-8-12/h5-8,10,13,15-18,22-23H,4,9H2,1-3H3,(H,20,21). The molecule has 1 fully saturated rings. The Morgan fingerprint density at radius 1 is 1.27 bits per heavy atom. The minimum Gasteiger partial charge on any atom is -0.387 e. The predicted octanol–water partition coefficient (Wildman–Crippen LogP) is 1.90. The van der Waals surface area contributed by atoms with Gasteiger partial charge >= 0.3 is 0 Å². The van der Waals surface area contributed by atoms with Crippen molar-refractivity contribution in [2.75, 3.05) is 11.9 Å². The molecule has 8 heteroatoms. The van der Waals surface area contributed by atoms with Crippen LogP contribution in [-0.4, -0.2) is 59.5 Å². The Hall–Kier alpha value is -0.780. The number of benzene rings is 1. The third-order valence-electron chi connectivity index (χ3n) is 3.92. The van der Waals surface area contributed by atoms with E-state index in [1.807, 2.05) is 38.1 Å². The van der Waals surface area contributed by atoms with E-state index in [2.05, 4.69) is 27.9 Å². The minimum atomic E-state index is -1.24. The number of aliphatic hydroxyl groups excluding tert-OH is 2. The lowest BCUT2D eigenvalue weighted by atomic mass is 9.96. The number of aliphatic hydroxyl groups is 2. The van der Waals surface area contributed by atoms with E-state index < -0.39 is 30.7 Å². The number of hydrogen-bond donors (Lipinski definition) is 3. The third kappa shape index (κ3) is 5.86. The quantitative estimate of drug-likeness (QED) is 0.517. The lowest BCUT2D eigenvalue weighted by Crippen LogP contribution is -2.60. The topological polar surface area (TPSA) is 97.3 Å². The first kappa shape index (κ1) is 21.5. The van der Waals surface area contributed by atoms with E-state index in [4.69, 9.17) is 14.2 Å². The van der Waals surface area contributed by atoms with Crippen molar-refractivity contribution < 1.29 is 29.2 Å². The second-order valence-electron chi connectivity index (χ2n) is 6.39. The van der Waals surface area contributed by atoms with Gasteiger partial charge in [-0.15, -0.1) is 0 Å². The number of carbonyl (C=O) groups is 1. The molecular formula is C18H26INO6. The van der Waals surface area contributed by atoms with Crippen LogP contribution in [0.25, 0.3) is 0 Å². The fraction of sp³-hybridized carbons (Fsp3) is 0.611. The maximum absolute atomic E-state index is 12.4. The molecule has 1 amide bonds. The van der Waals surface area contributed by atoms with Gasteiger partial charge in [-0.3, -0.25) is 4.79 Å². The summed E-state index contributed by atoms with van der Waals surface area (Å²) < 4.78 is 17.8. The molecule has 0 aliphatic carbocycles. The molecular weight excluding hydrogens is 453 g/mol. The number of amides is 1. The van der Waals surface area contributed by atoms with Crippen LogP contribution in [0.15, 0.2) is 24.3 Å². The first-order valence-electron chi connectivity index (χ1n) is 8.66. The highest BCUT2D eigenvalue weighted by molar-refractivity contribution is 14.1. The van der Waals surface area contributed by atoms with Crippen LogP contribution in [0, 0.1) is 3.57 Å². The average molecular weight is 479 g/mol. The zero-order valence-electron chi connectivity index (χ0n) is 15.1. The van der Waals surface area contributed by atoms with Crippen LogP contribution in [0.4, 0.5) is 5.69 Å². The maximum Gasteiger partial charge on any atom is 0.227 e. The molecule has 1 heterocycles. The van der Waals surface area contributed by atoms with E-state index in [0.717, 1.165) is 3.57 Å². The molecule has 3 N–H and O–H groups in total. The second-order valence-corrected chi connectivity index (χ2v) is 7.63. The van der Waals surface area contributed by atoms with Crippen molar-refractivity contribution >= 4 is 34.2 Å². The highest BCUT2D eigenvalue weighted by Crippen LogP contribution is 2.27. The fourth-order valence-corrected chi connectivity index (χ4v) is 3.14. The van der Waals surface area contributed by atoms with Gasteiger partial charge in [-0.25, -0.2) is 0 Å². The van der Waals surface area contributed by atoms with Crippen LogP contribution in [0.3, 0.4) is 0 Å². The van der Waals surface area contributed by atoms with Gasteiger partial charge in [0.05, 0.1) is 18.6 Å². The molecule has 1 aromatic carbocycles. The number of halogens is 1. The lowest BCUT2D eigenvalue weighted by Gasteiger charge is -2.42. The first-order valence-corrected chi connectivity index (χ1v) is 9.73. The summed E-state index contributed by atoms with van der Waals surface area (Å²) in [6.45, 7) is 5.70. The van der Waals surface area contributed by atoms with E-state index in [-0.39, 0.29) is 18.4 Å². The minimum absolute atomic E-state index is 0.0310. The molecule has 7 nitrogen and oxygen atoms in total. The maximum atomic E-state index is 12.4. The highest BCUT2D eigenvalue weighted by atomic mass is 127. The predicted molar refractivity (Wildman–Crippen MR) is 105 cm³/mol. The molecule has 5 unspecified atom stereocenters. The van der Waals surface area contributed by atoms with Crippen molar-refractivity contribution in [3.8, 4) is 0 Å². The van der Waals surface area contributed by atoms with Gasteiger partial charge in [0.15, 0.2) is 6.29 Å². The third-order valence-corrected chi connectivity index (χ3v) is 4.63. The van der Waals surface area contributed by atoms with Gasteiger partial charge in [0.2, 0.25) is 5.91 Å². The van der Waals surface area contributed by atoms with Gasteiger partial charge < -0.3 is 29.7 Å². The second kappa shape index (κ2) is 9.95. The summed E-state index contributed by atoms with van der Waals surface area (Å²) in [6, 6.07) is 7.41. The number of hydrogen-bond acceptors (Lipinski definition) is 6. The van der Waals surface area contributed by atoms with E-state index in [1.165, 1.54) is 0 Å². The van der Waals surface area contributed by atoms with Gasteiger partial charge in [0.1, 0.15) is 18.3 Å². The van der Waals surface area contributed by atoms with Crippen molar-refractivity contribution in [3.05, 3.63) is 27.8 Å². The van der Waals surface area contributed by atoms with Crippen LogP contribution in [0.2, 0.25) is 0 Å². The van der Waals surface area contributed by atoms with E-state index in [9.17, 15) is 15.0 Å². The molecule has 1 aromatic rings. The molecule has 1 aliphatic rings. The van der Waals surface area contributed by atoms with Crippen molar-refractivity contribution in [2.45, 2.75) is 64.0 Å². The summed E-state index contributed by atoms with van der Waals surface area (Å²) >= 11 is 2.19. The van der Waals surface area contributed by atoms with Crippen LogP contribution in [-0.2, 0) is 19.0 Å². The Bertz CT molecular complexity index is 582. The lowest BCUT2D eigenvalue weighted by molar-refractivity contribution is -0.305. The van der Waals surface area contributed by atoms with Gasteiger partial charge in [-0.1, -0.05) is 0 Å². The SMILES string of the molecule is CCOC1OC(CC(=O)Nc2ccc(I)cc2)C(OC(C)C)C(O)C1O. The number of rotatable bonds is 7. The Kier molecular flexibility index (Phi) is 8.24. The highest BCUT2D eigenvalue weighted by Gasteiger charge is 2.46. The van der Waals surface area contributed by atoms with Crippen molar-refractivity contribution in [3.63, 3.8) is 0 Å². The smallest absolute Gasteiger partial charge is 0.227 e. The summed E-state index contributed by atoms with van der Waals surface area (Å²) in [6.07, 6.45) is -5.25. The number of ether oxygens (including phenoxy) is 3. The number of carbonyl (C=O) groups excluding carboxylic acids is 1. The van der Waals surface area contributed by atoms with Gasteiger partial charge in [0, 0.05) is 15.9 Å². The molecule has 1 saturated heterocycles. The molecule has 5 atom stereocenters. The Balaban J connectivity index is 2.07. The summed E-state index contributed by atoms with van der Waals surface area (Å²) in [7, 11) is 0. The number of nitrogens with one attached hydrogen (secondary N) is 1. The summed E-state index contributed by atoms with van der Waals surface area (Å²) in [4.78, 5) is 12.4. The van der Waals surface area contributed by atoms with Crippen LogP contribution < -0.4 is 5.32 Å². The van der Waals surface area contributed by atoms with Crippen LogP contribution in [0.5, 0.6) is 0 Å². The summed E-state index contributed by atoms with van der Waals surface area (Å²) in [5.74, 6) is -0.271. The largest absolute Gasteiger partial charge is 0.387 e. The van der Waals surface area contributed by atoms with Crippen molar-refractivity contribution in [1.82, 2.24) is 0 Å². The molecule has 0 aromatic heterocycles. The molecule has 0 saturated carbocycles. The van der Waals surface area contributed by atoms with Crippen molar-refractivity contribution in [2.24, 2.45) is 0 Å². The normalized spacial score (nSPS) is 29.0. The zero-order chi connectivity index (χ0) is 19.3. The molecule has 0 radical (unpaired) electrons. The summed E-state index contributed by atoms with van der Waals surface area (Å²) in [5, 5.41) is 23.4. The molecule has 1 aliphatic heterocycles. The Labute approximate surface area is 167 Å². The van der Waals surface area contributed by atoms with E-state index in [0.29, 0.717) is 12.3 Å². The Morgan fingerprint density at radius 2 is 1.92 bits per heavy atom. The monoisotopic (exact) mass is 479 g/mol. The molecule has 0 bridgehead atoms. The first-order chi connectivity index (χ1) is 12.3. The fourth-order valence-electron chi connectivity index (χ4n) is 2.78. The molecule has 0 spiro atoms. The van der Waals surface area contributed by atoms with Gasteiger partial charge in [-0.2, -0.15) is 0 Å². The number of anilines is 1. The van der Waals surface area contributed by atoms with Gasteiger partial charge in [0.25, 0.3) is 0 Å². The molecule has 26 heavy (non-hydrogen) atoms.